The van der Waals surface area contributed by atoms with Crippen LogP contribution < -0.4 is 5.32 Å². The third-order valence-corrected chi connectivity index (χ3v) is 5.74. The number of likely N-dealkylation sites (tertiary alicyclic amines) is 1. The summed E-state index contributed by atoms with van der Waals surface area (Å²) in [6.07, 6.45) is 9.34. The molecule has 152 valence electrons. The molecule has 0 radical (unpaired) electrons. The lowest BCUT2D eigenvalue weighted by Crippen LogP contribution is -2.42. The van der Waals surface area contributed by atoms with Gasteiger partial charge in [-0.1, -0.05) is 24.1 Å². The molecule has 4 rings (SSSR count). The molecule has 6 heteroatoms. The molecule has 1 aromatic carbocycles. The van der Waals surface area contributed by atoms with Gasteiger partial charge in [0.2, 0.25) is 0 Å². The van der Waals surface area contributed by atoms with Crippen molar-refractivity contribution in [2.45, 2.75) is 39.2 Å². The highest BCUT2D eigenvalue weighted by atomic mass is 16.1. The maximum absolute atomic E-state index is 13.0. The number of carbonyl (C=O) groups is 1. The second-order valence-corrected chi connectivity index (χ2v) is 7.86. The predicted octanol–water partition coefficient (Wildman–Crippen LogP) is 3.58. The van der Waals surface area contributed by atoms with Crippen molar-refractivity contribution < 1.29 is 4.79 Å². The summed E-state index contributed by atoms with van der Waals surface area (Å²) in [5.74, 6) is 0.666. The molecule has 3 aromatic rings. The highest BCUT2D eigenvalue weighted by Gasteiger charge is 2.21. The van der Waals surface area contributed by atoms with E-state index in [2.05, 4.69) is 41.3 Å². The van der Waals surface area contributed by atoms with Crippen LogP contribution >= 0.6 is 0 Å². The molecule has 1 atom stereocenters. The van der Waals surface area contributed by atoms with Gasteiger partial charge in [0.25, 0.3) is 5.91 Å². The molecule has 6 nitrogen and oxygen atoms in total. The van der Waals surface area contributed by atoms with Crippen LogP contribution in [0.1, 0.15) is 42.1 Å². The predicted molar refractivity (Wildman–Crippen MR) is 115 cm³/mol. The van der Waals surface area contributed by atoms with Crippen molar-refractivity contribution in [3.05, 3.63) is 66.1 Å². The van der Waals surface area contributed by atoms with Crippen LogP contribution in [0.25, 0.3) is 11.5 Å². The van der Waals surface area contributed by atoms with Crippen LogP contribution in [-0.2, 0) is 0 Å². The number of piperidine rings is 1. The molecule has 29 heavy (non-hydrogen) atoms. The minimum Gasteiger partial charge on any atom is -0.351 e. The van der Waals surface area contributed by atoms with E-state index in [1.165, 1.54) is 24.8 Å². The minimum atomic E-state index is -0.0864. The van der Waals surface area contributed by atoms with Gasteiger partial charge in [0.15, 0.2) is 5.82 Å². The summed E-state index contributed by atoms with van der Waals surface area (Å²) in [5.41, 5.74) is 2.70. The zero-order valence-corrected chi connectivity index (χ0v) is 17.2. The van der Waals surface area contributed by atoms with Crippen molar-refractivity contribution in [3.8, 4) is 11.5 Å². The van der Waals surface area contributed by atoms with Crippen molar-refractivity contribution in [2.24, 2.45) is 0 Å². The Hall–Kier alpha value is -2.86. The van der Waals surface area contributed by atoms with E-state index >= 15 is 0 Å². The first-order valence-electron chi connectivity index (χ1n) is 10.4. The highest BCUT2D eigenvalue weighted by Crippen LogP contribution is 2.20. The average Bonchev–Trinajstić information content (AvgIpc) is 3.39. The molecular weight excluding hydrogens is 362 g/mol. The number of nitrogens with one attached hydrogen (secondary N) is 1. The van der Waals surface area contributed by atoms with Crippen LogP contribution in [0.2, 0.25) is 0 Å². The first-order valence-corrected chi connectivity index (χ1v) is 10.4. The lowest BCUT2D eigenvalue weighted by Gasteiger charge is -2.33. The molecule has 1 saturated heterocycles. The molecular formula is C23H29N5O. The summed E-state index contributed by atoms with van der Waals surface area (Å²) in [6.45, 7) is 6.98. The average molecular weight is 392 g/mol. The van der Waals surface area contributed by atoms with Gasteiger partial charge in [0.05, 0.1) is 11.9 Å². The molecule has 2 aromatic heterocycles. The molecule has 0 aliphatic carbocycles. The van der Waals surface area contributed by atoms with Gasteiger partial charge >= 0.3 is 0 Å². The molecule has 1 aliphatic heterocycles. The third kappa shape index (κ3) is 4.27. The van der Waals surface area contributed by atoms with Gasteiger partial charge in [-0.05, 0) is 57.5 Å². The monoisotopic (exact) mass is 391 g/mol. The summed E-state index contributed by atoms with van der Waals surface area (Å²) in [4.78, 5) is 15.5. The number of aromatic nitrogens is 3. The van der Waals surface area contributed by atoms with Gasteiger partial charge in [-0.15, -0.1) is 0 Å². The van der Waals surface area contributed by atoms with E-state index in [0.717, 1.165) is 24.6 Å². The Morgan fingerprint density at radius 2 is 1.93 bits per heavy atom. The number of amides is 1. The van der Waals surface area contributed by atoms with Gasteiger partial charge in [0.1, 0.15) is 5.56 Å². The maximum atomic E-state index is 13.0. The molecule has 1 amide bonds. The zero-order valence-electron chi connectivity index (χ0n) is 17.2. The van der Waals surface area contributed by atoms with E-state index in [4.69, 9.17) is 0 Å². The molecule has 1 aliphatic rings. The molecule has 1 N–H and O–H groups in total. The van der Waals surface area contributed by atoms with Gasteiger partial charge in [-0.25, -0.2) is 4.68 Å². The van der Waals surface area contributed by atoms with Crippen molar-refractivity contribution in [1.82, 2.24) is 24.6 Å². The topological polar surface area (TPSA) is 55.1 Å². The SMILES string of the molecule is Cc1ccc(-n2ncc(C(=O)NCCN3CCCC[C@H]3C)c2-n2cccc2)cc1. The summed E-state index contributed by atoms with van der Waals surface area (Å²) in [7, 11) is 0. The Bertz CT molecular complexity index is 942. The number of aryl methyl sites for hydroxylation is 1. The van der Waals surface area contributed by atoms with Crippen LogP contribution in [0.4, 0.5) is 0 Å². The molecule has 3 heterocycles. The first-order chi connectivity index (χ1) is 14.1. The van der Waals surface area contributed by atoms with Gasteiger partial charge in [-0.3, -0.25) is 9.69 Å². The van der Waals surface area contributed by atoms with E-state index < -0.39 is 0 Å². The normalized spacial score (nSPS) is 17.4. The van der Waals surface area contributed by atoms with E-state index in [1.807, 2.05) is 45.9 Å². The molecule has 0 bridgehead atoms. The Morgan fingerprint density at radius 3 is 2.66 bits per heavy atom. The van der Waals surface area contributed by atoms with E-state index in [-0.39, 0.29) is 5.91 Å². The quantitative estimate of drug-likeness (QED) is 0.699. The van der Waals surface area contributed by atoms with Crippen molar-refractivity contribution >= 4 is 5.91 Å². The number of rotatable bonds is 6. The Morgan fingerprint density at radius 1 is 1.17 bits per heavy atom. The summed E-state index contributed by atoms with van der Waals surface area (Å²) in [6, 6.07) is 12.6. The fourth-order valence-corrected chi connectivity index (χ4v) is 4.00. The standard InChI is InChI=1S/C23H29N5O/c1-18-8-10-20(11-9-18)28-23(27-14-5-6-15-27)21(17-25-28)22(29)24-12-16-26-13-4-3-7-19(26)2/h5-6,8-11,14-15,17,19H,3-4,7,12-13,16H2,1-2H3,(H,24,29)/t19-/m1/s1. The minimum absolute atomic E-state index is 0.0864. The molecule has 0 saturated carbocycles. The molecule has 0 spiro atoms. The Kier molecular flexibility index (Phi) is 5.81. The Labute approximate surface area is 172 Å². The number of benzene rings is 1. The number of hydrogen-bond acceptors (Lipinski definition) is 3. The van der Waals surface area contributed by atoms with Crippen LogP contribution in [0.3, 0.4) is 0 Å². The first kappa shape index (κ1) is 19.5. The van der Waals surface area contributed by atoms with Gasteiger partial charge < -0.3 is 9.88 Å². The van der Waals surface area contributed by atoms with E-state index in [9.17, 15) is 4.79 Å². The third-order valence-electron chi connectivity index (χ3n) is 5.74. The van der Waals surface area contributed by atoms with Gasteiger partial charge in [-0.2, -0.15) is 5.10 Å². The van der Waals surface area contributed by atoms with Crippen LogP contribution in [-0.4, -0.2) is 50.8 Å². The Balaban J connectivity index is 1.53. The second-order valence-electron chi connectivity index (χ2n) is 7.86. The fraction of sp³-hybridized carbons (Fsp3) is 0.391. The summed E-state index contributed by atoms with van der Waals surface area (Å²) < 4.78 is 3.76. The van der Waals surface area contributed by atoms with E-state index in [0.29, 0.717) is 18.2 Å². The number of hydrogen-bond donors (Lipinski definition) is 1. The van der Waals surface area contributed by atoms with Gasteiger partial charge in [0, 0.05) is 31.5 Å². The fourth-order valence-electron chi connectivity index (χ4n) is 4.00. The summed E-state index contributed by atoms with van der Waals surface area (Å²) in [5, 5.41) is 7.62. The smallest absolute Gasteiger partial charge is 0.256 e. The van der Waals surface area contributed by atoms with Crippen molar-refractivity contribution in [1.29, 1.82) is 0 Å². The van der Waals surface area contributed by atoms with Crippen molar-refractivity contribution in [3.63, 3.8) is 0 Å². The molecule has 1 fully saturated rings. The van der Waals surface area contributed by atoms with E-state index in [1.54, 1.807) is 6.20 Å². The van der Waals surface area contributed by atoms with Crippen LogP contribution in [0.15, 0.2) is 55.0 Å². The second kappa shape index (κ2) is 8.66. The lowest BCUT2D eigenvalue weighted by molar-refractivity contribution is 0.0938. The number of nitrogens with zero attached hydrogens (tertiary/aromatic N) is 4. The van der Waals surface area contributed by atoms with Crippen molar-refractivity contribution in [2.75, 3.05) is 19.6 Å². The maximum Gasteiger partial charge on any atom is 0.256 e. The van der Waals surface area contributed by atoms with Crippen LogP contribution in [0.5, 0.6) is 0 Å². The number of carbonyl (C=O) groups excluding carboxylic acids is 1. The molecule has 0 unspecified atom stereocenters. The largest absolute Gasteiger partial charge is 0.351 e. The summed E-state index contributed by atoms with van der Waals surface area (Å²) >= 11 is 0. The highest BCUT2D eigenvalue weighted by molar-refractivity contribution is 5.97. The van der Waals surface area contributed by atoms with Crippen LogP contribution in [0, 0.1) is 6.92 Å². The lowest BCUT2D eigenvalue weighted by atomic mass is 10.0. The zero-order chi connectivity index (χ0) is 20.2.